The molecule has 150 valence electrons. The van der Waals surface area contributed by atoms with Gasteiger partial charge in [-0.05, 0) is 30.5 Å². The quantitative estimate of drug-likeness (QED) is 0.488. The molecule has 0 radical (unpaired) electrons. The van der Waals surface area contributed by atoms with Gasteiger partial charge in [0.15, 0.2) is 0 Å². The summed E-state index contributed by atoms with van der Waals surface area (Å²) in [5.74, 6) is 0. The van der Waals surface area contributed by atoms with E-state index in [-0.39, 0.29) is 12.2 Å². The number of hydroxylamine groups is 1. The van der Waals surface area contributed by atoms with Crippen molar-refractivity contribution in [1.29, 1.82) is 0 Å². The molecule has 0 amide bonds. The smallest absolute Gasteiger partial charge is 0.268 e. The van der Waals surface area contributed by atoms with Crippen molar-refractivity contribution in [1.82, 2.24) is 10.8 Å². The molecule has 2 atom stereocenters. The van der Waals surface area contributed by atoms with Crippen LogP contribution in [0.15, 0.2) is 66.9 Å². The standard InChI is InChI=1S/C22H26F2N2O2/c1-15-6-10-18(11-7-15)19-12-8-17(9-13-19)5-4-14-25-20(16(2)26-28)22(3,27)21(23)24/h4-13,20-21,25-28H,2,14H2,1,3H3/b5-4+. The van der Waals surface area contributed by atoms with Crippen molar-refractivity contribution < 1.29 is 19.1 Å². The lowest BCUT2D eigenvalue weighted by molar-refractivity contribution is -0.101. The summed E-state index contributed by atoms with van der Waals surface area (Å²) in [6.45, 7) is 6.70. The molecule has 4 N–H and O–H groups in total. The largest absolute Gasteiger partial charge is 0.382 e. The maximum absolute atomic E-state index is 13.1. The fraction of sp³-hybridized carbons (Fsp3) is 0.273. The Labute approximate surface area is 164 Å². The van der Waals surface area contributed by atoms with Gasteiger partial charge in [0.2, 0.25) is 0 Å². The van der Waals surface area contributed by atoms with Gasteiger partial charge in [0.25, 0.3) is 6.43 Å². The third-order valence-corrected chi connectivity index (χ3v) is 4.56. The minimum Gasteiger partial charge on any atom is -0.382 e. The number of rotatable bonds is 9. The fourth-order valence-corrected chi connectivity index (χ4v) is 2.79. The van der Waals surface area contributed by atoms with Gasteiger partial charge in [-0.3, -0.25) is 10.7 Å². The highest BCUT2D eigenvalue weighted by molar-refractivity contribution is 5.65. The Hall–Kier alpha value is -2.54. The zero-order chi connectivity index (χ0) is 20.7. The van der Waals surface area contributed by atoms with E-state index in [4.69, 9.17) is 5.21 Å². The minimum absolute atomic E-state index is 0.138. The molecule has 0 aromatic heterocycles. The van der Waals surface area contributed by atoms with Gasteiger partial charge in [-0.2, -0.15) is 0 Å². The molecule has 0 aliphatic heterocycles. The lowest BCUT2D eigenvalue weighted by Crippen LogP contribution is -2.56. The number of aryl methyl sites for hydroxylation is 1. The van der Waals surface area contributed by atoms with E-state index in [9.17, 15) is 13.9 Å². The molecular formula is C22H26F2N2O2. The van der Waals surface area contributed by atoms with Gasteiger partial charge in [-0.25, -0.2) is 8.78 Å². The lowest BCUT2D eigenvalue weighted by Gasteiger charge is -2.33. The van der Waals surface area contributed by atoms with Crippen LogP contribution in [0.1, 0.15) is 18.1 Å². The number of halogens is 2. The van der Waals surface area contributed by atoms with Crippen molar-refractivity contribution in [2.24, 2.45) is 0 Å². The molecule has 0 aliphatic carbocycles. The third-order valence-electron chi connectivity index (χ3n) is 4.56. The van der Waals surface area contributed by atoms with Crippen molar-refractivity contribution in [3.05, 3.63) is 78.0 Å². The van der Waals surface area contributed by atoms with Crippen LogP contribution in [0.4, 0.5) is 8.78 Å². The molecule has 0 aliphatic rings. The van der Waals surface area contributed by atoms with Crippen molar-refractivity contribution >= 4 is 6.08 Å². The molecule has 2 aromatic rings. The number of alkyl halides is 2. The second-order valence-corrected chi connectivity index (χ2v) is 6.90. The van der Waals surface area contributed by atoms with E-state index in [1.54, 1.807) is 11.6 Å². The highest BCUT2D eigenvalue weighted by Gasteiger charge is 2.42. The first kappa shape index (κ1) is 21.8. The highest BCUT2D eigenvalue weighted by Crippen LogP contribution is 2.23. The van der Waals surface area contributed by atoms with Crippen LogP contribution in [0.25, 0.3) is 17.2 Å². The molecule has 0 saturated carbocycles. The molecule has 4 nitrogen and oxygen atoms in total. The van der Waals surface area contributed by atoms with Crippen molar-refractivity contribution in [3.8, 4) is 11.1 Å². The summed E-state index contributed by atoms with van der Waals surface area (Å²) < 4.78 is 26.1. The van der Waals surface area contributed by atoms with Crippen LogP contribution < -0.4 is 10.8 Å². The number of hydrogen-bond donors (Lipinski definition) is 4. The third kappa shape index (κ3) is 5.48. The number of aliphatic hydroxyl groups is 1. The van der Waals surface area contributed by atoms with Crippen molar-refractivity contribution in [2.75, 3.05) is 6.54 Å². The second kappa shape index (κ2) is 9.59. The first-order chi connectivity index (χ1) is 13.3. The molecule has 2 unspecified atom stereocenters. The van der Waals surface area contributed by atoms with Crippen molar-refractivity contribution in [2.45, 2.75) is 31.9 Å². The average Bonchev–Trinajstić information content (AvgIpc) is 2.68. The number of hydrogen-bond acceptors (Lipinski definition) is 4. The molecule has 28 heavy (non-hydrogen) atoms. The first-order valence-corrected chi connectivity index (χ1v) is 8.92. The Morgan fingerprint density at radius 3 is 2.14 bits per heavy atom. The van der Waals surface area contributed by atoms with Crippen LogP contribution >= 0.6 is 0 Å². The van der Waals surface area contributed by atoms with Crippen LogP contribution in [-0.4, -0.2) is 34.9 Å². The molecule has 2 rings (SSSR count). The van der Waals surface area contributed by atoms with E-state index < -0.39 is 18.1 Å². The zero-order valence-electron chi connectivity index (χ0n) is 16.0. The van der Waals surface area contributed by atoms with E-state index in [1.807, 2.05) is 37.3 Å². The van der Waals surface area contributed by atoms with Gasteiger partial charge in [0.05, 0.1) is 11.7 Å². The molecular weight excluding hydrogens is 362 g/mol. The minimum atomic E-state index is -3.01. The normalized spacial score (nSPS) is 14.8. The molecule has 0 bridgehead atoms. The summed E-state index contributed by atoms with van der Waals surface area (Å²) in [6.07, 6.45) is 0.586. The van der Waals surface area contributed by atoms with Gasteiger partial charge in [0.1, 0.15) is 5.60 Å². The van der Waals surface area contributed by atoms with E-state index in [2.05, 4.69) is 36.2 Å². The Morgan fingerprint density at radius 1 is 1.11 bits per heavy atom. The maximum atomic E-state index is 13.1. The van der Waals surface area contributed by atoms with E-state index in [1.165, 1.54) is 5.56 Å². The highest BCUT2D eigenvalue weighted by atomic mass is 19.3. The second-order valence-electron chi connectivity index (χ2n) is 6.90. The van der Waals surface area contributed by atoms with Gasteiger partial charge in [-0.1, -0.05) is 72.8 Å². The Balaban J connectivity index is 1.99. The Kier molecular flexibility index (Phi) is 7.45. The van der Waals surface area contributed by atoms with Crippen LogP contribution in [-0.2, 0) is 0 Å². The van der Waals surface area contributed by atoms with Crippen molar-refractivity contribution in [3.63, 3.8) is 0 Å². The molecule has 6 heteroatoms. The van der Waals surface area contributed by atoms with Gasteiger partial charge in [0, 0.05) is 6.54 Å². The summed E-state index contributed by atoms with van der Waals surface area (Å²) in [4.78, 5) is 0. The maximum Gasteiger partial charge on any atom is 0.268 e. The Bertz CT molecular complexity index is 800. The predicted octanol–water partition coefficient (Wildman–Crippen LogP) is 4.14. The monoisotopic (exact) mass is 388 g/mol. The average molecular weight is 388 g/mol. The fourth-order valence-electron chi connectivity index (χ4n) is 2.79. The topological polar surface area (TPSA) is 64.5 Å². The molecule has 0 saturated heterocycles. The van der Waals surface area contributed by atoms with E-state index in [0.717, 1.165) is 23.6 Å². The number of benzene rings is 2. The van der Waals surface area contributed by atoms with E-state index >= 15 is 0 Å². The number of nitrogens with one attached hydrogen (secondary N) is 2. The summed E-state index contributed by atoms with van der Waals surface area (Å²) in [5.41, 5.74) is 3.62. The summed E-state index contributed by atoms with van der Waals surface area (Å²) in [6, 6.07) is 15.0. The lowest BCUT2D eigenvalue weighted by atomic mass is 9.94. The predicted molar refractivity (Wildman–Crippen MR) is 108 cm³/mol. The zero-order valence-corrected chi connectivity index (χ0v) is 16.0. The molecule has 2 aromatic carbocycles. The Morgan fingerprint density at radius 2 is 1.64 bits per heavy atom. The summed E-state index contributed by atoms with van der Waals surface area (Å²) in [5, 5.41) is 21.7. The van der Waals surface area contributed by atoms with Crippen LogP contribution in [0, 0.1) is 6.92 Å². The van der Waals surface area contributed by atoms with Crippen LogP contribution in [0.5, 0.6) is 0 Å². The van der Waals surface area contributed by atoms with Gasteiger partial charge < -0.3 is 10.4 Å². The van der Waals surface area contributed by atoms with Gasteiger partial charge >= 0.3 is 0 Å². The van der Waals surface area contributed by atoms with E-state index in [0.29, 0.717) is 0 Å². The summed E-state index contributed by atoms with van der Waals surface area (Å²) in [7, 11) is 0. The molecule has 0 fully saturated rings. The molecule has 0 heterocycles. The van der Waals surface area contributed by atoms with Gasteiger partial charge in [-0.15, -0.1) is 0 Å². The summed E-state index contributed by atoms with van der Waals surface area (Å²) >= 11 is 0. The van der Waals surface area contributed by atoms with Crippen LogP contribution in [0.2, 0.25) is 0 Å². The van der Waals surface area contributed by atoms with Crippen LogP contribution in [0.3, 0.4) is 0 Å². The SMILES string of the molecule is C=C(NO)C(NC/C=C/c1ccc(-c2ccc(C)cc2)cc1)C(C)(O)C(F)F. The first-order valence-electron chi connectivity index (χ1n) is 8.92. The molecule has 0 spiro atoms.